The zero-order valence-electron chi connectivity index (χ0n) is 10.7. The van der Waals surface area contributed by atoms with Gasteiger partial charge < -0.3 is 15.2 Å². The van der Waals surface area contributed by atoms with E-state index in [-0.39, 0.29) is 10.9 Å². The van der Waals surface area contributed by atoms with Gasteiger partial charge in [-0.2, -0.15) is 4.31 Å². The fourth-order valence-corrected chi connectivity index (χ4v) is 4.86. The molecule has 1 atom stereocenters. The maximum Gasteiger partial charge on any atom is 0.244 e. The van der Waals surface area contributed by atoms with Gasteiger partial charge in [-0.25, -0.2) is 8.42 Å². The fourth-order valence-electron chi connectivity index (χ4n) is 2.35. The smallest absolute Gasteiger partial charge is 0.244 e. The molecule has 2 aliphatic heterocycles. The van der Waals surface area contributed by atoms with E-state index in [9.17, 15) is 8.42 Å². The molecule has 1 fully saturated rings. The third-order valence-electron chi connectivity index (χ3n) is 3.40. The van der Waals surface area contributed by atoms with Gasteiger partial charge in [0.2, 0.25) is 10.0 Å². The van der Waals surface area contributed by atoms with Crippen LogP contribution in [-0.2, 0) is 10.0 Å². The Morgan fingerprint density at radius 1 is 1.25 bits per heavy atom. The molecular weight excluding hydrogens is 348 g/mol. The molecule has 0 aromatic heterocycles. The summed E-state index contributed by atoms with van der Waals surface area (Å²) in [4.78, 5) is 0.191. The number of hydrogen-bond acceptors (Lipinski definition) is 5. The Kier molecular flexibility index (Phi) is 3.65. The number of sulfonamides is 1. The lowest BCUT2D eigenvalue weighted by atomic mass is 10.3. The lowest BCUT2D eigenvalue weighted by Crippen LogP contribution is -2.32. The SMILES string of the molecule is N[C@@H]1CCN(S(=O)(=O)c2cc3c(cc2Br)OCCO3)C1. The fraction of sp³-hybridized carbons (Fsp3) is 0.500. The molecule has 0 bridgehead atoms. The summed E-state index contributed by atoms with van der Waals surface area (Å²) in [6, 6.07) is 3.05. The molecule has 1 aromatic rings. The first-order valence-corrected chi connectivity index (χ1v) is 8.56. The van der Waals surface area contributed by atoms with Gasteiger partial charge in [-0.3, -0.25) is 0 Å². The number of halogens is 1. The van der Waals surface area contributed by atoms with Crippen LogP contribution in [0.15, 0.2) is 21.5 Å². The Hall–Kier alpha value is -0.830. The molecule has 0 unspecified atom stereocenters. The van der Waals surface area contributed by atoms with E-state index in [1.165, 1.54) is 10.4 Å². The van der Waals surface area contributed by atoms with E-state index in [0.717, 1.165) is 0 Å². The Morgan fingerprint density at radius 2 is 1.90 bits per heavy atom. The maximum absolute atomic E-state index is 12.6. The van der Waals surface area contributed by atoms with Gasteiger partial charge in [0.05, 0.1) is 0 Å². The molecule has 1 aromatic carbocycles. The zero-order chi connectivity index (χ0) is 14.3. The molecule has 0 saturated carbocycles. The first kappa shape index (κ1) is 14.1. The van der Waals surface area contributed by atoms with Crippen LogP contribution in [0, 0.1) is 0 Å². The second kappa shape index (κ2) is 5.18. The van der Waals surface area contributed by atoms with E-state index in [0.29, 0.717) is 48.7 Å². The van der Waals surface area contributed by atoms with E-state index in [1.807, 2.05) is 0 Å². The summed E-state index contributed by atoms with van der Waals surface area (Å²) in [6.45, 7) is 1.68. The largest absolute Gasteiger partial charge is 0.486 e. The van der Waals surface area contributed by atoms with Gasteiger partial charge in [0, 0.05) is 29.7 Å². The summed E-state index contributed by atoms with van der Waals surface area (Å²) < 4.78 is 38.0. The second-order valence-corrected chi connectivity index (χ2v) is 7.60. The van der Waals surface area contributed by atoms with Crippen LogP contribution in [0.5, 0.6) is 11.5 Å². The summed E-state index contributed by atoms with van der Waals surface area (Å²) in [6.07, 6.45) is 0.682. The normalized spacial score (nSPS) is 23.0. The van der Waals surface area contributed by atoms with Crippen LogP contribution in [0.4, 0.5) is 0 Å². The maximum atomic E-state index is 12.6. The van der Waals surface area contributed by atoms with Crippen LogP contribution >= 0.6 is 15.9 Å². The van der Waals surface area contributed by atoms with Gasteiger partial charge in [-0.05, 0) is 28.4 Å². The van der Waals surface area contributed by atoms with E-state index in [1.54, 1.807) is 6.07 Å². The van der Waals surface area contributed by atoms with Gasteiger partial charge in [-0.15, -0.1) is 0 Å². The van der Waals surface area contributed by atoms with Crippen LogP contribution in [0.3, 0.4) is 0 Å². The minimum absolute atomic E-state index is 0.0965. The van der Waals surface area contributed by atoms with Crippen LogP contribution in [0.2, 0.25) is 0 Å². The standard InChI is InChI=1S/C12H15BrN2O4S/c13-9-5-10-11(19-4-3-18-10)6-12(9)20(16,17)15-2-1-8(14)7-15/h5-6,8H,1-4,7,14H2/t8-/m1/s1. The molecule has 2 N–H and O–H groups in total. The third-order valence-corrected chi connectivity index (χ3v) is 6.23. The highest BCUT2D eigenvalue weighted by Gasteiger charge is 2.33. The van der Waals surface area contributed by atoms with Crippen molar-refractivity contribution < 1.29 is 17.9 Å². The van der Waals surface area contributed by atoms with Crippen LogP contribution in [0.1, 0.15) is 6.42 Å². The van der Waals surface area contributed by atoms with E-state index in [4.69, 9.17) is 15.2 Å². The van der Waals surface area contributed by atoms with Crippen LogP contribution in [0.25, 0.3) is 0 Å². The van der Waals surface area contributed by atoms with Gasteiger partial charge in [-0.1, -0.05) is 0 Å². The van der Waals surface area contributed by atoms with Crippen molar-refractivity contribution >= 4 is 26.0 Å². The number of rotatable bonds is 2. The zero-order valence-corrected chi connectivity index (χ0v) is 13.1. The van der Waals surface area contributed by atoms with Crippen molar-refractivity contribution in [3.05, 3.63) is 16.6 Å². The van der Waals surface area contributed by atoms with Crippen molar-refractivity contribution in [2.24, 2.45) is 5.73 Å². The Bertz CT molecular complexity index is 635. The third kappa shape index (κ3) is 2.41. The molecule has 0 radical (unpaired) electrons. The molecule has 1 saturated heterocycles. The Labute approximate surface area is 126 Å². The molecule has 3 rings (SSSR count). The molecule has 8 heteroatoms. The van der Waals surface area contributed by atoms with Crippen molar-refractivity contribution in [1.29, 1.82) is 0 Å². The summed E-state index contributed by atoms with van der Waals surface area (Å²) in [5.74, 6) is 1.02. The summed E-state index contributed by atoms with van der Waals surface area (Å²) in [5, 5.41) is 0. The molecular formula is C12H15BrN2O4S. The average Bonchev–Trinajstić information content (AvgIpc) is 2.85. The first-order valence-electron chi connectivity index (χ1n) is 6.33. The summed E-state index contributed by atoms with van der Waals surface area (Å²) >= 11 is 3.30. The Morgan fingerprint density at radius 3 is 2.50 bits per heavy atom. The highest BCUT2D eigenvalue weighted by atomic mass is 79.9. The first-order chi connectivity index (χ1) is 9.48. The summed E-state index contributed by atoms with van der Waals surface area (Å²) in [5.41, 5.74) is 5.79. The van der Waals surface area contributed by atoms with Crippen LogP contribution < -0.4 is 15.2 Å². The minimum atomic E-state index is -3.56. The highest BCUT2D eigenvalue weighted by Crippen LogP contribution is 2.38. The monoisotopic (exact) mass is 362 g/mol. The highest BCUT2D eigenvalue weighted by molar-refractivity contribution is 9.10. The van der Waals surface area contributed by atoms with Gasteiger partial charge in [0.1, 0.15) is 18.1 Å². The van der Waals surface area contributed by atoms with Gasteiger partial charge >= 0.3 is 0 Å². The molecule has 110 valence electrons. The number of nitrogens with two attached hydrogens (primary N) is 1. The van der Waals surface area contributed by atoms with Gasteiger partial charge in [0.25, 0.3) is 0 Å². The predicted molar refractivity (Wildman–Crippen MR) is 76.5 cm³/mol. The van der Waals surface area contributed by atoms with Gasteiger partial charge in [0.15, 0.2) is 11.5 Å². The topological polar surface area (TPSA) is 81.9 Å². The summed E-state index contributed by atoms with van der Waals surface area (Å²) in [7, 11) is -3.56. The van der Waals surface area contributed by atoms with E-state index >= 15 is 0 Å². The lowest BCUT2D eigenvalue weighted by molar-refractivity contribution is 0.171. The van der Waals surface area contributed by atoms with Crippen molar-refractivity contribution in [2.45, 2.75) is 17.4 Å². The molecule has 6 nitrogen and oxygen atoms in total. The molecule has 0 aliphatic carbocycles. The molecule has 0 spiro atoms. The average molecular weight is 363 g/mol. The quantitative estimate of drug-likeness (QED) is 0.846. The van der Waals surface area contributed by atoms with Crippen LogP contribution in [-0.4, -0.2) is 45.1 Å². The molecule has 2 aliphatic rings. The molecule has 2 heterocycles. The van der Waals surface area contributed by atoms with Crippen molar-refractivity contribution in [1.82, 2.24) is 4.31 Å². The minimum Gasteiger partial charge on any atom is -0.486 e. The Balaban J connectivity index is 2.01. The molecule has 0 amide bonds. The van der Waals surface area contributed by atoms with Crippen molar-refractivity contribution in [2.75, 3.05) is 26.3 Å². The van der Waals surface area contributed by atoms with Crippen molar-refractivity contribution in [3.8, 4) is 11.5 Å². The van der Waals surface area contributed by atoms with E-state index < -0.39 is 10.0 Å². The lowest BCUT2D eigenvalue weighted by Gasteiger charge is -2.22. The number of ether oxygens (including phenoxy) is 2. The van der Waals surface area contributed by atoms with Crippen molar-refractivity contribution in [3.63, 3.8) is 0 Å². The van der Waals surface area contributed by atoms with E-state index in [2.05, 4.69) is 15.9 Å². The predicted octanol–water partition coefficient (Wildman–Crippen LogP) is 0.942. The second-order valence-electron chi connectivity index (χ2n) is 4.84. The number of hydrogen-bond donors (Lipinski definition) is 1. The molecule has 20 heavy (non-hydrogen) atoms. The number of benzene rings is 1. The number of fused-ring (bicyclic) bond motifs is 1. The number of nitrogens with zero attached hydrogens (tertiary/aromatic N) is 1.